The summed E-state index contributed by atoms with van der Waals surface area (Å²) < 4.78 is 82.6. The standard InChI is InChI=1S/C22H27F6N3O4/c23-21(24,25)18-6-4-16(5-7-18)19-17(15-29-35-19)3-1-9-31(20(34)22(26,27)28)10-2-8-30(11-13-32)12-14-33/h4-7,15,32-33H,1-3,8-14H2. The van der Waals surface area contributed by atoms with Crippen LogP contribution in [0.4, 0.5) is 26.3 Å². The van der Waals surface area contributed by atoms with Crippen molar-refractivity contribution in [3.63, 3.8) is 0 Å². The summed E-state index contributed by atoms with van der Waals surface area (Å²) in [5.74, 6) is -1.77. The van der Waals surface area contributed by atoms with Crippen LogP contribution in [0.3, 0.4) is 0 Å². The van der Waals surface area contributed by atoms with E-state index >= 15 is 0 Å². The first-order valence-corrected chi connectivity index (χ1v) is 10.9. The van der Waals surface area contributed by atoms with Crippen LogP contribution in [0.15, 0.2) is 35.0 Å². The van der Waals surface area contributed by atoms with Gasteiger partial charge in [-0.1, -0.05) is 17.3 Å². The summed E-state index contributed by atoms with van der Waals surface area (Å²) >= 11 is 0. The number of hydrogen-bond donors (Lipinski definition) is 2. The second kappa shape index (κ2) is 12.9. The zero-order chi connectivity index (χ0) is 26.1. The quantitative estimate of drug-likeness (QED) is 0.401. The van der Waals surface area contributed by atoms with E-state index in [-0.39, 0.29) is 71.0 Å². The number of alkyl halides is 6. The molecule has 0 saturated heterocycles. The summed E-state index contributed by atoms with van der Waals surface area (Å²) in [4.78, 5) is 14.2. The lowest BCUT2D eigenvalue weighted by Gasteiger charge is -2.26. The molecule has 0 fully saturated rings. The van der Waals surface area contributed by atoms with Crippen molar-refractivity contribution >= 4 is 5.91 Å². The van der Waals surface area contributed by atoms with Gasteiger partial charge in [0.15, 0.2) is 5.76 Å². The van der Waals surface area contributed by atoms with Gasteiger partial charge >= 0.3 is 18.3 Å². The van der Waals surface area contributed by atoms with Crippen molar-refractivity contribution in [2.75, 3.05) is 45.9 Å². The van der Waals surface area contributed by atoms with Crippen molar-refractivity contribution in [2.24, 2.45) is 0 Å². The van der Waals surface area contributed by atoms with Crippen LogP contribution in [-0.4, -0.2) is 83.2 Å². The normalized spacial score (nSPS) is 12.4. The number of rotatable bonds is 13. The van der Waals surface area contributed by atoms with Gasteiger partial charge in [0.05, 0.1) is 25.0 Å². The smallest absolute Gasteiger partial charge is 0.395 e. The van der Waals surface area contributed by atoms with Crippen molar-refractivity contribution in [2.45, 2.75) is 31.6 Å². The second-order valence-corrected chi connectivity index (χ2v) is 7.79. The predicted molar refractivity (Wildman–Crippen MR) is 113 cm³/mol. The predicted octanol–water partition coefficient (Wildman–Crippen LogP) is 3.36. The highest BCUT2D eigenvalue weighted by Gasteiger charge is 2.42. The molecule has 2 aromatic rings. The van der Waals surface area contributed by atoms with Gasteiger partial charge < -0.3 is 19.6 Å². The average Bonchev–Trinajstić information content (AvgIpc) is 3.25. The lowest BCUT2D eigenvalue weighted by atomic mass is 10.0. The van der Waals surface area contributed by atoms with E-state index in [0.717, 1.165) is 12.1 Å². The zero-order valence-corrected chi connectivity index (χ0v) is 18.8. The molecule has 0 bridgehead atoms. The van der Waals surface area contributed by atoms with Crippen LogP contribution >= 0.6 is 0 Å². The van der Waals surface area contributed by atoms with Gasteiger partial charge in [0.25, 0.3) is 0 Å². The van der Waals surface area contributed by atoms with Crippen molar-refractivity contribution in [1.82, 2.24) is 15.0 Å². The Bertz CT molecular complexity index is 909. The van der Waals surface area contributed by atoms with E-state index in [2.05, 4.69) is 5.16 Å². The lowest BCUT2D eigenvalue weighted by molar-refractivity contribution is -0.185. The van der Waals surface area contributed by atoms with E-state index in [1.807, 2.05) is 0 Å². The minimum atomic E-state index is -5.04. The molecule has 2 rings (SSSR count). The van der Waals surface area contributed by atoms with Gasteiger partial charge in [0.2, 0.25) is 0 Å². The molecule has 7 nitrogen and oxygen atoms in total. The first-order chi connectivity index (χ1) is 16.5. The molecule has 0 saturated carbocycles. The van der Waals surface area contributed by atoms with Crippen LogP contribution in [0.2, 0.25) is 0 Å². The number of aliphatic hydroxyl groups is 2. The summed E-state index contributed by atoms with van der Waals surface area (Å²) in [5, 5.41) is 21.7. The first-order valence-electron chi connectivity index (χ1n) is 10.9. The molecule has 0 spiro atoms. The number of aromatic nitrogens is 1. The number of aryl methyl sites for hydroxylation is 1. The fourth-order valence-corrected chi connectivity index (χ4v) is 3.54. The monoisotopic (exact) mass is 511 g/mol. The molecule has 35 heavy (non-hydrogen) atoms. The Morgan fingerprint density at radius 3 is 2.03 bits per heavy atom. The molecule has 0 atom stereocenters. The lowest BCUT2D eigenvalue weighted by Crippen LogP contribution is -2.43. The molecule has 0 radical (unpaired) electrons. The highest BCUT2D eigenvalue weighted by Crippen LogP contribution is 2.32. The van der Waals surface area contributed by atoms with E-state index in [0.29, 0.717) is 16.0 Å². The molecule has 0 aliphatic carbocycles. The van der Waals surface area contributed by atoms with Gasteiger partial charge in [-0.25, -0.2) is 0 Å². The molecule has 1 aromatic heterocycles. The molecule has 2 N–H and O–H groups in total. The third-order valence-corrected chi connectivity index (χ3v) is 5.26. The highest BCUT2D eigenvalue weighted by atomic mass is 19.4. The minimum absolute atomic E-state index is 0.133. The van der Waals surface area contributed by atoms with Crippen LogP contribution in [0.1, 0.15) is 24.0 Å². The summed E-state index contributed by atoms with van der Waals surface area (Å²) in [6, 6.07) is 4.22. The first kappa shape index (κ1) is 28.6. The Kier molecular flexibility index (Phi) is 10.5. The van der Waals surface area contributed by atoms with Gasteiger partial charge in [0, 0.05) is 43.9 Å². The third kappa shape index (κ3) is 8.82. The number of hydrogen-bond acceptors (Lipinski definition) is 6. The molecule has 1 aromatic carbocycles. The summed E-state index contributed by atoms with van der Waals surface area (Å²) in [5.41, 5.74) is -0.0111. The summed E-state index contributed by atoms with van der Waals surface area (Å²) in [6.45, 7) is 0.0297. The van der Waals surface area contributed by atoms with Crippen LogP contribution in [0.5, 0.6) is 0 Å². The number of aliphatic hydroxyl groups excluding tert-OH is 2. The molecule has 0 unspecified atom stereocenters. The highest BCUT2D eigenvalue weighted by molar-refractivity contribution is 5.81. The summed E-state index contributed by atoms with van der Waals surface area (Å²) in [6.07, 6.45) is -7.68. The van der Waals surface area contributed by atoms with E-state index in [9.17, 15) is 31.1 Å². The number of carbonyl (C=O) groups is 1. The van der Waals surface area contributed by atoms with Crippen molar-refractivity contribution in [3.05, 3.63) is 41.6 Å². The molecule has 0 aliphatic heterocycles. The fourth-order valence-electron chi connectivity index (χ4n) is 3.54. The van der Waals surface area contributed by atoms with E-state index < -0.39 is 23.8 Å². The Labute approximate surface area is 197 Å². The fraction of sp³-hybridized carbons (Fsp3) is 0.545. The Morgan fingerprint density at radius 1 is 0.886 bits per heavy atom. The maximum atomic E-state index is 13.1. The third-order valence-electron chi connectivity index (χ3n) is 5.26. The van der Waals surface area contributed by atoms with Crippen LogP contribution < -0.4 is 0 Å². The van der Waals surface area contributed by atoms with Gasteiger partial charge in [0.1, 0.15) is 0 Å². The molecule has 13 heteroatoms. The molecule has 1 heterocycles. The number of amides is 1. The maximum Gasteiger partial charge on any atom is 0.471 e. The topological polar surface area (TPSA) is 90.0 Å². The maximum absolute atomic E-state index is 13.1. The second-order valence-electron chi connectivity index (χ2n) is 7.79. The Balaban J connectivity index is 2.01. The van der Waals surface area contributed by atoms with Crippen LogP contribution in [-0.2, 0) is 17.4 Å². The van der Waals surface area contributed by atoms with Crippen LogP contribution in [0, 0.1) is 0 Å². The minimum Gasteiger partial charge on any atom is -0.395 e. The van der Waals surface area contributed by atoms with Gasteiger partial charge in [-0.2, -0.15) is 26.3 Å². The number of nitrogens with zero attached hydrogens (tertiary/aromatic N) is 3. The molecular formula is C22H27F6N3O4. The van der Waals surface area contributed by atoms with Crippen molar-refractivity contribution in [1.29, 1.82) is 0 Å². The van der Waals surface area contributed by atoms with Crippen LogP contribution in [0.25, 0.3) is 11.3 Å². The van der Waals surface area contributed by atoms with Gasteiger partial charge in [-0.3, -0.25) is 9.69 Å². The average molecular weight is 511 g/mol. The van der Waals surface area contributed by atoms with Crippen molar-refractivity contribution in [3.8, 4) is 11.3 Å². The SMILES string of the molecule is O=C(N(CCCc1cnoc1-c1ccc(C(F)(F)F)cc1)CCCN(CCO)CCO)C(F)(F)F. The molecule has 1 amide bonds. The Morgan fingerprint density at radius 2 is 1.49 bits per heavy atom. The number of carbonyl (C=O) groups excluding carboxylic acids is 1. The molecule has 0 aliphatic rings. The zero-order valence-electron chi connectivity index (χ0n) is 18.8. The molecular weight excluding hydrogens is 484 g/mol. The van der Waals surface area contributed by atoms with E-state index in [1.165, 1.54) is 18.3 Å². The largest absolute Gasteiger partial charge is 0.471 e. The van der Waals surface area contributed by atoms with E-state index in [4.69, 9.17) is 14.7 Å². The molecule has 196 valence electrons. The van der Waals surface area contributed by atoms with Gasteiger partial charge in [-0.15, -0.1) is 0 Å². The van der Waals surface area contributed by atoms with Gasteiger partial charge in [-0.05, 0) is 31.4 Å². The summed E-state index contributed by atoms with van der Waals surface area (Å²) in [7, 11) is 0. The van der Waals surface area contributed by atoms with Crippen molar-refractivity contribution < 1.29 is 45.9 Å². The Hall–Kier alpha value is -2.64. The number of halogens is 6. The number of benzene rings is 1. The van der Waals surface area contributed by atoms with E-state index in [1.54, 1.807) is 4.90 Å².